The van der Waals surface area contributed by atoms with Crippen molar-refractivity contribution in [1.29, 1.82) is 0 Å². The first-order valence-corrected chi connectivity index (χ1v) is 19.1. The van der Waals surface area contributed by atoms with Gasteiger partial charge in [0.1, 0.15) is 5.58 Å². The standard InChI is InChI=1S/C48H34BN3O/c1-3-11-33(12-4-1)50-40-17-9-8-16-39(40)49-46-36-15-7-10-18-45(36)53-48(46)52(34-13-5-2-6-14-34)44-28-35(27-43(50)47(44)49)51-41-25-31-21-19-29(31)23-37(41)38-24-30-20-22-32(30)26-42(38)51/h1-18,23-28,37,41H,19-22H2. The maximum atomic E-state index is 7.00. The molecule has 6 aromatic carbocycles. The van der Waals surface area contributed by atoms with Crippen molar-refractivity contribution in [3.05, 3.63) is 173 Å². The molecule has 0 spiro atoms. The van der Waals surface area contributed by atoms with Crippen LogP contribution in [0.3, 0.4) is 0 Å². The van der Waals surface area contributed by atoms with E-state index in [2.05, 4.69) is 160 Å². The number of nitrogens with zero attached hydrogens (tertiary/aromatic N) is 3. The van der Waals surface area contributed by atoms with Gasteiger partial charge < -0.3 is 14.2 Å². The topological polar surface area (TPSA) is 22.9 Å². The molecule has 4 nitrogen and oxygen atoms in total. The minimum absolute atomic E-state index is 0.000499. The Hall–Kier alpha value is -6.20. The number of allylic oxidation sites excluding steroid dienone is 2. The Morgan fingerprint density at radius 1 is 0.528 bits per heavy atom. The Kier molecular flexibility index (Phi) is 5.48. The number of benzene rings is 6. The third-order valence-electron chi connectivity index (χ3n) is 12.9. The fourth-order valence-corrected chi connectivity index (χ4v) is 10.4. The molecule has 3 aliphatic carbocycles. The summed E-state index contributed by atoms with van der Waals surface area (Å²) < 4.78 is 7.00. The summed E-state index contributed by atoms with van der Waals surface area (Å²) in [6.45, 7) is -0.000499. The van der Waals surface area contributed by atoms with Crippen molar-refractivity contribution in [1.82, 2.24) is 0 Å². The highest BCUT2D eigenvalue weighted by Crippen LogP contribution is 2.56. The van der Waals surface area contributed by atoms with Crippen LogP contribution in [0.5, 0.6) is 0 Å². The SMILES string of the molecule is C1=C2CCC2=CC2C1c1cc3c(cc1N2c1cc2c4c(c1)N(c1ccccc1)c1oc5ccccc5c1B4c1ccccc1N2c1ccccc1)CC3. The number of rotatable bonds is 3. The molecule has 6 aliphatic rings. The fourth-order valence-electron chi connectivity index (χ4n) is 10.4. The molecule has 0 radical (unpaired) electrons. The van der Waals surface area contributed by atoms with E-state index < -0.39 is 0 Å². The summed E-state index contributed by atoms with van der Waals surface area (Å²) in [6.07, 6.45) is 9.96. The van der Waals surface area contributed by atoms with Crippen LogP contribution >= 0.6 is 0 Å². The molecule has 0 N–H and O–H groups in total. The average molecular weight is 680 g/mol. The van der Waals surface area contributed by atoms with Crippen molar-refractivity contribution in [2.24, 2.45) is 0 Å². The molecule has 53 heavy (non-hydrogen) atoms. The van der Waals surface area contributed by atoms with E-state index in [1.54, 1.807) is 5.57 Å². The number of hydrogen-bond acceptors (Lipinski definition) is 4. The van der Waals surface area contributed by atoms with Crippen molar-refractivity contribution in [2.75, 3.05) is 14.7 Å². The average Bonchev–Trinajstić information content (AvgIpc) is 3.71. The van der Waals surface area contributed by atoms with Crippen molar-refractivity contribution in [3.8, 4) is 0 Å². The second-order valence-corrected chi connectivity index (χ2v) is 15.5. The van der Waals surface area contributed by atoms with Crippen LogP contribution < -0.4 is 31.1 Å². The number of hydrogen-bond donors (Lipinski definition) is 0. The molecule has 250 valence electrons. The van der Waals surface area contributed by atoms with Gasteiger partial charge in [-0.15, -0.1) is 0 Å². The van der Waals surface area contributed by atoms with Gasteiger partial charge in [-0.1, -0.05) is 91.0 Å². The van der Waals surface area contributed by atoms with Gasteiger partial charge in [-0.25, -0.2) is 0 Å². The minimum atomic E-state index is -0.000499. The van der Waals surface area contributed by atoms with Crippen LogP contribution in [-0.4, -0.2) is 12.8 Å². The molecule has 1 saturated carbocycles. The van der Waals surface area contributed by atoms with Crippen LogP contribution in [0.15, 0.2) is 161 Å². The predicted octanol–water partition coefficient (Wildman–Crippen LogP) is 9.88. The van der Waals surface area contributed by atoms with E-state index in [4.69, 9.17) is 4.42 Å². The molecule has 7 aromatic rings. The Morgan fingerprint density at radius 2 is 1.19 bits per heavy atom. The van der Waals surface area contributed by atoms with Crippen LogP contribution in [-0.2, 0) is 12.8 Å². The zero-order valence-electron chi connectivity index (χ0n) is 29.2. The highest BCUT2D eigenvalue weighted by atomic mass is 16.4. The molecule has 1 aromatic heterocycles. The van der Waals surface area contributed by atoms with E-state index in [-0.39, 0.29) is 12.8 Å². The van der Waals surface area contributed by atoms with E-state index in [1.807, 2.05) is 0 Å². The van der Waals surface area contributed by atoms with E-state index in [0.717, 1.165) is 22.8 Å². The van der Waals surface area contributed by atoms with Gasteiger partial charge in [0.05, 0.1) is 6.04 Å². The second kappa shape index (κ2) is 10.2. The van der Waals surface area contributed by atoms with Crippen LogP contribution in [0.4, 0.5) is 45.7 Å². The number of aryl methyl sites for hydroxylation is 2. The predicted molar refractivity (Wildman–Crippen MR) is 218 cm³/mol. The number of para-hydroxylation sites is 4. The molecule has 13 rings (SSSR count). The number of anilines is 8. The third kappa shape index (κ3) is 3.72. The number of furan rings is 1. The fraction of sp³-hybridized carbons (Fsp3) is 0.125. The van der Waals surface area contributed by atoms with Gasteiger partial charge in [-0.05, 0) is 119 Å². The first kappa shape index (κ1) is 28.4. The summed E-state index contributed by atoms with van der Waals surface area (Å²) >= 11 is 0. The van der Waals surface area contributed by atoms with Crippen LogP contribution in [0.2, 0.25) is 0 Å². The van der Waals surface area contributed by atoms with Gasteiger partial charge in [0.25, 0.3) is 6.71 Å². The van der Waals surface area contributed by atoms with E-state index in [9.17, 15) is 0 Å². The van der Waals surface area contributed by atoms with Gasteiger partial charge in [0.2, 0.25) is 5.88 Å². The Balaban J connectivity index is 1.15. The monoisotopic (exact) mass is 679 g/mol. The molecule has 0 bridgehead atoms. The highest BCUT2D eigenvalue weighted by Gasteiger charge is 2.48. The van der Waals surface area contributed by atoms with E-state index in [0.29, 0.717) is 5.92 Å². The van der Waals surface area contributed by atoms with Crippen molar-refractivity contribution >= 4 is 79.8 Å². The molecule has 2 atom stereocenters. The van der Waals surface area contributed by atoms with Crippen molar-refractivity contribution in [2.45, 2.75) is 37.6 Å². The van der Waals surface area contributed by atoms with Gasteiger partial charge in [-0.2, -0.15) is 0 Å². The molecule has 3 aliphatic heterocycles. The smallest absolute Gasteiger partial charge is 0.257 e. The maximum Gasteiger partial charge on any atom is 0.257 e. The summed E-state index contributed by atoms with van der Waals surface area (Å²) in [4.78, 5) is 7.60. The van der Waals surface area contributed by atoms with Gasteiger partial charge in [-0.3, -0.25) is 4.90 Å². The third-order valence-corrected chi connectivity index (χ3v) is 12.9. The summed E-state index contributed by atoms with van der Waals surface area (Å²) in [7, 11) is 0. The van der Waals surface area contributed by atoms with Crippen molar-refractivity contribution in [3.63, 3.8) is 0 Å². The quantitative estimate of drug-likeness (QED) is 0.174. The zero-order chi connectivity index (χ0) is 34.4. The van der Waals surface area contributed by atoms with Crippen LogP contribution in [0.1, 0.15) is 35.4 Å². The van der Waals surface area contributed by atoms with Crippen LogP contribution in [0, 0.1) is 0 Å². The maximum absolute atomic E-state index is 7.00. The molecule has 1 fully saturated rings. The lowest BCUT2D eigenvalue weighted by molar-refractivity contribution is 0.622. The summed E-state index contributed by atoms with van der Waals surface area (Å²) in [6, 6.07) is 49.7. The van der Waals surface area contributed by atoms with E-state index in [1.165, 1.54) is 98.2 Å². The summed E-state index contributed by atoms with van der Waals surface area (Å²) in [5.74, 6) is 1.26. The second-order valence-electron chi connectivity index (χ2n) is 15.5. The van der Waals surface area contributed by atoms with E-state index >= 15 is 0 Å². The van der Waals surface area contributed by atoms with Gasteiger partial charge in [0, 0.05) is 56.6 Å². The minimum Gasteiger partial charge on any atom is -0.440 e. The summed E-state index contributed by atoms with van der Waals surface area (Å²) in [5, 5.41) is 1.17. The largest absolute Gasteiger partial charge is 0.440 e. The molecule has 4 heterocycles. The lowest BCUT2D eigenvalue weighted by Crippen LogP contribution is -2.61. The van der Waals surface area contributed by atoms with Gasteiger partial charge in [0.15, 0.2) is 0 Å². The molecular weight excluding hydrogens is 645 g/mol. The Bertz CT molecular complexity index is 2780. The van der Waals surface area contributed by atoms with Gasteiger partial charge >= 0.3 is 0 Å². The molecule has 0 saturated heterocycles. The molecule has 5 heteroatoms. The lowest BCUT2D eigenvalue weighted by atomic mass is 9.33. The van der Waals surface area contributed by atoms with Crippen molar-refractivity contribution < 1.29 is 4.42 Å². The van der Waals surface area contributed by atoms with Crippen LogP contribution in [0.25, 0.3) is 11.0 Å². The molecular formula is C48H34BN3O. The molecule has 0 amide bonds. The lowest BCUT2D eigenvalue weighted by Gasteiger charge is -2.43. The zero-order valence-corrected chi connectivity index (χ0v) is 29.2. The first-order chi connectivity index (χ1) is 26.3. The molecule has 2 unspecified atom stereocenters. The number of fused-ring (bicyclic) bond motifs is 11. The first-order valence-electron chi connectivity index (χ1n) is 19.1. The Morgan fingerprint density at radius 3 is 1.96 bits per heavy atom. The normalized spacial score (nSPS) is 19.5. The Labute approximate surface area is 309 Å². The highest BCUT2D eigenvalue weighted by molar-refractivity contribution is 7.01. The summed E-state index contributed by atoms with van der Waals surface area (Å²) in [5.41, 5.74) is 20.8.